The Labute approximate surface area is 96.1 Å². The Morgan fingerprint density at radius 3 is 2.81 bits per heavy atom. The van der Waals surface area contributed by atoms with Crippen LogP contribution in [0, 0.1) is 5.92 Å². The second-order valence-electron chi connectivity index (χ2n) is 4.25. The minimum absolute atomic E-state index is 0.160. The number of rotatable bonds is 6. The van der Waals surface area contributed by atoms with Gasteiger partial charge in [0.25, 0.3) is 0 Å². The van der Waals surface area contributed by atoms with Crippen LogP contribution in [0.1, 0.15) is 25.8 Å². The molecule has 0 aromatic heterocycles. The van der Waals surface area contributed by atoms with Gasteiger partial charge in [-0.05, 0) is 30.0 Å². The molecular formula is C13H18O3. The minimum atomic E-state index is -0.770. The summed E-state index contributed by atoms with van der Waals surface area (Å²) in [6.45, 7) is 4.87. The van der Waals surface area contributed by atoms with Crippen LogP contribution in [0.25, 0.3) is 0 Å². The molecule has 1 N–H and O–H groups in total. The van der Waals surface area contributed by atoms with Crippen molar-refractivity contribution in [1.29, 1.82) is 0 Å². The van der Waals surface area contributed by atoms with Crippen molar-refractivity contribution in [1.82, 2.24) is 0 Å². The lowest BCUT2D eigenvalue weighted by atomic mass is 10.1. The fraction of sp³-hybridized carbons (Fsp3) is 0.462. The molecule has 0 atom stereocenters. The van der Waals surface area contributed by atoms with Gasteiger partial charge in [-0.3, -0.25) is 4.79 Å². The summed E-state index contributed by atoms with van der Waals surface area (Å²) in [5.41, 5.74) is 1.00. The third-order valence-electron chi connectivity index (χ3n) is 2.11. The summed E-state index contributed by atoms with van der Waals surface area (Å²) in [5.74, 6) is 0.535. The topological polar surface area (TPSA) is 46.5 Å². The summed E-state index contributed by atoms with van der Waals surface area (Å²) < 4.78 is 5.57. The highest BCUT2D eigenvalue weighted by Crippen LogP contribution is 2.15. The van der Waals surface area contributed by atoms with Crippen LogP contribution in [0.3, 0.4) is 0 Å². The molecule has 1 aromatic carbocycles. The summed E-state index contributed by atoms with van der Waals surface area (Å²) in [5, 5.41) is 8.59. The normalized spacial score (nSPS) is 10.4. The van der Waals surface area contributed by atoms with Crippen LogP contribution in [-0.4, -0.2) is 17.7 Å². The Bertz CT molecular complexity index is 345. The van der Waals surface area contributed by atoms with E-state index < -0.39 is 5.97 Å². The van der Waals surface area contributed by atoms with Crippen LogP contribution in [-0.2, 0) is 11.2 Å². The van der Waals surface area contributed by atoms with Gasteiger partial charge in [0.1, 0.15) is 5.75 Å². The van der Waals surface area contributed by atoms with Crippen LogP contribution in [0.5, 0.6) is 5.75 Å². The number of carbonyl (C=O) groups is 1. The van der Waals surface area contributed by atoms with E-state index in [-0.39, 0.29) is 6.42 Å². The van der Waals surface area contributed by atoms with Crippen molar-refractivity contribution in [2.45, 2.75) is 26.7 Å². The van der Waals surface area contributed by atoms with Crippen molar-refractivity contribution in [2.24, 2.45) is 5.92 Å². The first-order valence-electron chi connectivity index (χ1n) is 5.51. The first kappa shape index (κ1) is 12.6. The summed E-state index contributed by atoms with van der Waals surface area (Å²) >= 11 is 0. The van der Waals surface area contributed by atoms with Gasteiger partial charge in [0.05, 0.1) is 6.61 Å². The SMILES string of the molecule is CC(C)COc1cccc(CCC(=O)O)c1. The van der Waals surface area contributed by atoms with Crippen LogP contribution in [0.15, 0.2) is 24.3 Å². The predicted octanol–water partition coefficient (Wildman–Crippen LogP) is 2.74. The standard InChI is InChI=1S/C13H18O3/c1-10(2)9-16-12-5-3-4-11(8-12)6-7-13(14)15/h3-5,8,10H,6-7,9H2,1-2H3,(H,14,15). The Balaban J connectivity index is 2.53. The summed E-state index contributed by atoms with van der Waals surface area (Å²) in [4.78, 5) is 10.4. The third kappa shape index (κ3) is 4.82. The average Bonchev–Trinajstić information content (AvgIpc) is 2.24. The molecule has 0 bridgehead atoms. The van der Waals surface area contributed by atoms with E-state index >= 15 is 0 Å². The molecule has 16 heavy (non-hydrogen) atoms. The predicted molar refractivity (Wildman–Crippen MR) is 62.7 cm³/mol. The highest BCUT2D eigenvalue weighted by atomic mass is 16.5. The van der Waals surface area contributed by atoms with Gasteiger partial charge in [-0.2, -0.15) is 0 Å². The molecule has 3 nitrogen and oxygen atoms in total. The Morgan fingerprint density at radius 2 is 2.19 bits per heavy atom. The number of carboxylic acids is 1. The van der Waals surface area contributed by atoms with E-state index in [4.69, 9.17) is 9.84 Å². The van der Waals surface area contributed by atoms with Crippen LogP contribution in [0.4, 0.5) is 0 Å². The molecule has 1 rings (SSSR count). The molecule has 0 saturated heterocycles. The second kappa shape index (κ2) is 6.16. The third-order valence-corrected chi connectivity index (χ3v) is 2.11. The molecule has 0 aliphatic carbocycles. The maximum atomic E-state index is 10.4. The number of aryl methyl sites for hydroxylation is 1. The number of aliphatic carboxylic acids is 1. The van der Waals surface area contributed by atoms with E-state index in [1.807, 2.05) is 24.3 Å². The lowest BCUT2D eigenvalue weighted by Crippen LogP contribution is -2.04. The van der Waals surface area contributed by atoms with Crippen molar-refractivity contribution in [3.05, 3.63) is 29.8 Å². The van der Waals surface area contributed by atoms with E-state index in [9.17, 15) is 4.79 Å². The average molecular weight is 222 g/mol. The molecule has 0 heterocycles. The fourth-order valence-corrected chi connectivity index (χ4v) is 1.30. The van der Waals surface area contributed by atoms with E-state index in [0.717, 1.165) is 11.3 Å². The van der Waals surface area contributed by atoms with E-state index in [1.165, 1.54) is 0 Å². The molecular weight excluding hydrogens is 204 g/mol. The minimum Gasteiger partial charge on any atom is -0.493 e. The molecule has 0 saturated carbocycles. The number of ether oxygens (including phenoxy) is 1. The van der Waals surface area contributed by atoms with Gasteiger partial charge in [-0.25, -0.2) is 0 Å². The number of carboxylic acid groups (broad SMARTS) is 1. The van der Waals surface area contributed by atoms with Gasteiger partial charge in [0, 0.05) is 6.42 Å². The van der Waals surface area contributed by atoms with E-state index in [1.54, 1.807) is 0 Å². The molecule has 0 spiro atoms. The highest BCUT2D eigenvalue weighted by molar-refractivity contribution is 5.67. The van der Waals surface area contributed by atoms with Gasteiger partial charge >= 0.3 is 5.97 Å². The van der Waals surface area contributed by atoms with E-state index in [0.29, 0.717) is 18.9 Å². The van der Waals surface area contributed by atoms with Crippen molar-refractivity contribution in [3.63, 3.8) is 0 Å². The molecule has 0 radical (unpaired) electrons. The highest BCUT2D eigenvalue weighted by Gasteiger charge is 2.01. The molecule has 0 fully saturated rings. The van der Waals surface area contributed by atoms with Crippen molar-refractivity contribution < 1.29 is 14.6 Å². The van der Waals surface area contributed by atoms with Crippen LogP contribution < -0.4 is 4.74 Å². The largest absolute Gasteiger partial charge is 0.493 e. The number of hydrogen-bond acceptors (Lipinski definition) is 2. The smallest absolute Gasteiger partial charge is 0.303 e. The monoisotopic (exact) mass is 222 g/mol. The van der Waals surface area contributed by atoms with E-state index in [2.05, 4.69) is 13.8 Å². The summed E-state index contributed by atoms with van der Waals surface area (Å²) in [6.07, 6.45) is 0.710. The maximum absolute atomic E-state index is 10.4. The Kier molecular flexibility index (Phi) is 4.83. The van der Waals surface area contributed by atoms with Gasteiger partial charge in [-0.15, -0.1) is 0 Å². The fourth-order valence-electron chi connectivity index (χ4n) is 1.30. The lowest BCUT2D eigenvalue weighted by Gasteiger charge is -2.09. The molecule has 3 heteroatoms. The molecule has 0 unspecified atom stereocenters. The van der Waals surface area contributed by atoms with Crippen LogP contribution in [0.2, 0.25) is 0 Å². The van der Waals surface area contributed by atoms with Crippen molar-refractivity contribution in [3.8, 4) is 5.75 Å². The number of benzene rings is 1. The maximum Gasteiger partial charge on any atom is 0.303 e. The quantitative estimate of drug-likeness (QED) is 0.805. The Morgan fingerprint density at radius 1 is 1.44 bits per heavy atom. The summed E-state index contributed by atoms with van der Waals surface area (Å²) in [7, 11) is 0. The molecule has 88 valence electrons. The zero-order valence-corrected chi connectivity index (χ0v) is 9.77. The summed E-state index contributed by atoms with van der Waals surface area (Å²) in [6, 6.07) is 7.62. The first-order valence-corrected chi connectivity index (χ1v) is 5.51. The lowest BCUT2D eigenvalue weighted by molar-refractivity contribution is -0.136. The second-order valence-corrected chi connectivity index (χ2v) is 4.25. The van der Waals surface area contributed by atoms with Crippen molar-refractivity contribution in [2.75, 3.05) is 6.61 Å². The first-order chi connectivity index (χ1) is 7.58. The molecule has 1 aromatic rings. The molecule has 0 aliphatic heterocycles. The van der Waals surface area contributed by atoms with Gasteiger partial charge in [-0.1, -0.05) is 26.0 Å². The molecule has 0 amide bonds. The van der Waals surface area contributed by atoms with Gasteiger partial charge in [0.2, 0.25) is 0 Å². The number of hydrogen-bond donors (Lipinski definition) is 1. The van der Waals surface area contributed by atoms with Crippen molar-refractivity contribution >= 4 is 5.97 Å². The zero-order valence-electron chi connectivity index (χ0n) is 9.77. The van der Waals surface area contributed by atoms with Crippen LogP contribution >= 0.6 is 0 Å². The zero-order chi connectivity index (χ0) is 12.0. The van der Waals surface area contributed by atoms with Gasteiger partial charge in [0.15, 0.2) is 0 Å². The van der Waals surface area contributed by atoms with Gasteiger partial charge < -0.3 is 9.84 Å². The Hall–Kier alpha value is -1.51. The molecule has 0 aliphatic rings.